The molecule has 1 atom stereocenters. The predicted octanol–water partition coefficient (Wildman–Crippen LogP) is 0.363. The van der Waals surface area contributed by atoms with Crippen LogP contribution in [0, 0.1) is 6.92 Å². The summed E-state index contributed by atoms with van der Waals surface area (Å²) < 4.78 is 0. The first-order chi connectivity index (χ1) is 8.08. The van der Waals surface area contributed by atoms with Crippen molar-refractivity contribution in [2.24, 2.45) is 10.9 Å². The number of aromatic amines is 1. The van der Waals surface area contributed by atoms with Crippen LogP contribution in [0.15, 0.2) is 11.4 Å². The van der Waals surface area contributed by atoms with Gasteiger partial charge in [0.25, 0.3) is 5.91 Å². The third-order valence-electron chi connectivity index (χ3n) is 2.49. The van der Waals surface area contributed by atoms with E-state index in [0.29, 0.717) is 24.1 Å². The Balaban J connectivity index is 2.63. The smallest absolute Gasteiger partial charge is 0.254 e. The first-order valence-corrected chi connectivity index (χ1v) is 5.35. The Morgan fingerprint density at radius 3 is 2.94 bits per heavy atom. The van der Waals surface area contributed by atoms with Crippen LogP contribution in [0.1, 0.15) is 35.8 Å². The number of rotatable bonds is 5. The number of carbonyl (C=O) groups excluding carboxylic acids is 1. The average Bonchev–Trinajstić information content (AvgIpc) is 2.74. The second-order valence-electron chi connectivity index (χ2n) is 3.78. The molecule has 0 radical (unpaired) electrons. The lowest BCUT2D eigenvalue weighted by Crippen LogP contribution is -2.37. The normalized spacial score (nSPS) is 13.4. The van der Waals surface area contributed by atoms with Crippen molar-refractivity contribution in [2.75, 3.05) is 0 Å². The van der Waals surface area contributed by atoms with Crippen LogP contribution >= 0.6 is 0 Å². The first-order valence-electron chi connectivity index (χ1n) is 5.35. The SMILES string of the molecule is CCC(CC(N)=NO)NC(=O)c1cn[nH]c1C. The molecule has 0 saturated carbocycles. The summed E-state index contributed by atoms with van der Waals surface area (Å²) in [6.07, 6.45) is 2.48. The van der Waals surface area contributed by atoms with Gasteiger partial charge in [0, 0.05) is 18.2 Å². The largest absolute Gasteiger partial charge is 0.409 e. The van der Waals surface area contributed by atoms with Gasteiger partial charge in [-0.25, -0.2) is 0 Å². The Bertz CT molecular complexity index is 413. The topological polar surface area (TPSA) is 116 Å². The molecule has 1 rings (SSSR count). The minimum atomic E-state index is -0.214. The van der Waals surface area contributed by atoms with Gasteiger partial charge in [-0.3, -0.25) is 9.89 Å². The highest BCUT2D eigenvalue weighted by Crippen LogP contribution is 2.05. The summed E-state index contributed by atoms with van der Waals surface area (Å²) in [7, 11) is 0. The Morgan fingerprint density at radius 1 is 1.76 bits per heavy atom. The van der Waals surface area contributed by atoms with Crippen LogP contribution in [0.3, 0.4) is 0 Å². The van der Waals surface area contributed by atoms with Crippen LogP contribution in [-0.4, -0.2) is 33.2 Å². The highest BCUT2D eigenvalue weighted by molar-refractivity contribution is 5.95. The van der Waals surface area contributed by atoms with Gasteiger partial charge in [0.2, 0.25) is 0 Å². The fourth-order valence-electron chi connectivity index (χ4n) is 1.43. The molecule has 0 spiro atoms. The van der Waals surface area contributed by atoms with Gasteiger partial charge in [-0.1, -0.05) is 12.1 Å². The lowest BCUT2D eigenvalue weighted by Gasteiger charge is -2.15. The molecule has 94 valence electrons. The Labute approximate surface area is 99.1 Å². The first kappa shape index (κ1) is 13.0. The minimum absolute atomic E-state index is 0.0982. The fraction of sp³-hybridized carbons (Fsp3) is 0.500. The number of H-pyrrole nitrogens is 1. The van der Waals surface area contributed by atoms with Crippen molar-refractivity contribution in [3.63, 3.8) is 0 Å². The number of nitrogens with two attached hydrogens (primary N) is 1. The van der Waals surface area contributed by atoms with Gasteiger partial charge in [-0.05, 0) is 13.3 Å². The molecule has 0 aromatic carbocycles. The van der Waals surface area contributed by atoms with Crippen molar-refractivity contribution in [1.29, 1.82) is 0 Å². The Morgan fingerprint density at radius 2 is 2.47 bits per heavy atom. The molecule has 0 aliphatic carbocycles. The van der Waals surface area contributed by atoms with Crippen LogP contribution in [0.25, 0.3) is 0 Å². The minimum Gasteiger partial charge on any atom is -0.409 e. The second-order valence-corrected chi connectivity index (χ2v) is 3.78. The number of aryl methyl sites for hydroxylation is 1. The summed E-state index contributed by atoms with van der Waals surface area (Å²) in [5.74, 6) is -0.116. The van der Waals surface area contributed by atoms with Crippen LogP contribution in [0.4, 0.5) is 0 Å². The molecule has 1 heterocycles. The van der Waals surface area contributed by atoms with E-state index in [0.717, 1.165) is 0 Å². The molecule has 0 saturated heterocycles. The standard InChI is InChI=1S/C10H17N5O2/c1-3-7(4-9(11)15-17)13-10(16)8-5-12-14-6(8)2/h5,7,17H,3-4H2,1-2H3,(H2,11,15)(H,12,14)(H,13,16). The second kappa shape index (κ2) is 5.88. The van der Waals surface area contributed by atoms with Crippen LogP contribution in [-0.2, 0) is 0 Å². The highest BCUT2D eigenvalue weighted by atomic mass is 16.4. The average molecular weight is 239 g/mol. The van der Waals surface area contributed by atoms with Crippen LogP contribution in [0.5, 0.6) is 0 Å². The van der Waals surface area contributed by atoms with E-state index in [4.69, 9.17) is 10.9 Å². The van der Waals surface area contributed by atoms with Gasteiger partial charge in [0.05, 0.1) is 11.8 Å². The maximum Gasteiger partial charge on any atom is 0.254 e. The number of nitrogens with one attached hydrogen (secondary N) is 2. The zero-order valence-corrected chi connectivity index (χ0v) is 9.90. The lowest BCUT2D eigenvalue weighted by molar-refractivity contribution is 0.0936. The number of hydrogen-bond acceptors (Lipinski definition) is 4. The molecule has 17 heavy (non-hydrogen) atoms. The predicted molar refractivity (Wildman–Crippen MR) is 62.9 cm³/mol. The summed E-state index contributed by atoms with van der Waals surface area (Å²) in [6.45, 7) is 3.68. The molecule has 0 fully saturated rings. The van der Waals surface area contributed by atoms with Gasteiger partial charge < -0.3 is 16.3 Å². The number of aromatic nitrogens is 2. The summed E-state index contributed by atoms with van der Waals surface area (Å²) in [6, 6.07) is -0.160. The van der Waals surface area contributed by atoms with E-state index in [1.54, 1.807) is 6.92 Å². The van der Waals surface area contributed by atoms with Gasteiger partial charge in [0.15, 0.2) is 0 Å². The zero-order valence-electron chi connectivity index (χ0n) is 9.90. The number of nitrogens with zero attached hydrogens (tertiary/aromatic N) is 2. The van der Waals surface area contributed by atoms with E-state index >= 15 is 0 Å². The third-order valence-corrected chi connectivity index (χ3v) is 2.49. The summed E-state index contributed by atoms with van der Waals surface area (Å²) in [5.41, 5.74) is 6.62. The fourth-order valence-corrected chi connectivity index (χ4v) is 1.43. The monoisotopic (exact) mass is 239 g/mol. The van der Waals surface area contributed by atoms with Crippen LogP contribution in [0.2, 0.25) is 0 Å². The van der Waals surface area contributed by atoms with Gasteiger partial charge in [-0.2, -0.15) is 5.10 Å². The summed E-state index contributed by atoms with van der Waals surface area (Å²) in [4.78, 5) is 11.9. The molecular weight excluding hydrogens is 222 g/mol. The van der Waals surface area contributed by atoms with Crippen LogP contribution < -0.4 is 11.1 Å². The molecule has 0 bridgehead atoms. The van der Waals surface area contributed by atoms with E-state index < -0.39 is 0 Å². The lowest BCUT2D eigenvalue weighted by atomic mass is 10.1. The molecular formula is C10H17N5O2. The Kier molecular flexibility index (Phi) is 4.50. The molecule has 1 aromatic rings. The van der Waals surface area contributed by atoms with E-state index in [-0.39, 0.29) is 17.8 Å². The van der Waals surface area contributed by atoms with E-state index in [9.17, 15) is 4.79 Å². The molecule has 7 heteroatoms. The van der Waals surface area contributed by atoms with Gasteiger partial charge in [0.1, 0.15) is 5.84 Å². The molecule has 1 aromatic heterocycles. The van der Waals surface area contributed by atoms with Crippen molar-refractivity contribution in [3.8, 4) is 0 Å². The Hall–Kier alpha value is -2.05. The quantitative estimate of drug-likeness (QED) is 0.257. The number of hydrogen-bond donors (Lipinski definition) is 4. The maximum absolute atomic E-state index is 11.9. The highest BCUT2D eigenvalue weighted by Gasteiger charge is 2.16. The molecule has 1 amide bonds. The van der Waals surface area contributed by atoms with Crippen molar-refractivity contribution in [3.05, 3.63) is 17.5 Å². The van der Waals surface area contributed by atoms with Crippen molar-refractivity contribution >= 4 is 11.7 Å². The molecule has 0 aliphatic rings. The van der Waals surface area contributed by atoms with Crippen molar-refractivity contribution in [1.82, 2.24) is 15.5 Å². The molecule has 0 aliphatic heterocycles. The van der Waals surface area contributed by atoms with E-state index in [2.05, 4.69) is 20.7 Å². The number of amidine groups is 1. The van der Waals surface area contributed by atoms with Crippen molar-refractivity contribution < 1.29 is 10.0 Å². The summed E-state index contributed by atoms with van der Waals surface area (Å²) in [5, 5.41) is 20.6. The molecule has 7 nitrogen and oxygen atoms in total. The number of amides is 1. The number of oxime groups is 1. The molecule has 1 unspecified atom stereocenters. The van der Waals surface area contributed by atoms with Gasteiger partial charge >= 0.3 is 0 Å². The van der Waals surface area contributed by atoms with E-state index in [1.807, 2.05) is 6.92 Å². The number of carbonyl (C=O) groups is 1. The van der Waals surface area contributed by atoms with Crippen molar-refractivity contribution in [2.45, 2.75) is 32.7 Å². The van der Waals surface area contributed by atoms with E-state index in [1.165, 1.54) is 6.20 Å². The molecule has 5 N–H and O–H groups in total. The van der Waals surface area contributed by atoms with Gasteiger partial charge in [-0.15, -0.1) is 0 Å². The third kappa shape index (κ3) is 3.47. The summed E-state index contributed by atoms with van der Waals surface area (Å²) >= 11 is 0. The maximum atomic E-state index is 11.9. The zero-order chi connectivity index (χ0) is 12.8.